The lowest BCUT2D eigenvalue weighted by atomic mass is 9.73. The average Bonchev–Trinajstić information content (AvgIpc) is 3.35. The zero-order valence-corrected chi connectivity index (χ0v) is 16.1. The number of carbonyl (C=O) groups is 2. The molecule has 1 aliphatic heterocycles. The number of esters is 1. The Hall–Kier alpha value is -3.52. The third kappa shape index (κ3) is 2.96. The molecule has 3 heterocycles. The van der Waals surface area contributed by atoms with Gasteiger partial charge in [0.15, 0.2) is 5.82 Å². The van der Waals surface area contributed by atoms with Crippen LogP contribution in [-0.4, -0.2) is 37.3 Å². The van der Waals surface area contributed by atoms with Crippen molar-refractivity contribution in [1.29, 1.82) is 0 Å². The molecule has 8 heteroatoms. The number of nitrogens with zero attached hydrogens (tertiary/aromatic N) is 3. The quantitative estimate of drug-likeness (QED) is 0.650. The first-order chi connectivity index (χ1) is 14.5. The van der Waals surface area contributed by atoms with Gasteiger partial charge in [0.25, 0.3) is 5.91 Å². The molecule has 1 spiro atoms. The molecule has 5 rings (SSSR count). The number of aromatic nitrogens is 3. The first kappa shape index (κ1) is 18.5. The molecular formula is C22H20N4O4. The Morgan fingerprint density at radius 1 is 1.10 bits per heavy atom. The number of fused-ring (bicyclic) bond motifs is 2. The molecule has 0 atom stereocenters. The molecule has 1 saturated carbocycles. The molecule has 1 amide bonds. The summed E-state index contributed by atoms with van der Waals surface area (Å²) in [7, 11) is 0. The van der Waals surface area contributed by atoms with Gasteiger partial charge in [-0.3, -0.25) is 9.78 Å². The molecule has 3 aromatic rings. The van der Waals surface area contributed by atoms with Gasteiger partial charge in [0.1, 0.15) is 11.2 Å². The van der Waals surface area contributed by atoms with E-state index in [-0.39, 0.29) is 18.8 Å². The zero-order valence-electron chi connectivity index (χ0n) is 16.1. The van der Waals surface area contributed by atoms with E-state index in [2.05, 4.69) is 15.4 Å². The zero-order chi connectivity index (χ0) is 20.8. The van der Waals surface area contributed by atoms with Gasteiger partial charge < -0.3 is 15.2 Å². The molecule has 1 fully saturated rings. The van der Waals surface area contributed by atoms with Crippen molar-refractivity contribution in [2.24, 2.45) is 0 Å². The minimum absolute atomic E-state index is 0.167. The van der Waals surface area contributed by atoms with Gasteiger partial charge in [0.05, 0.1) is 11.3 Å². The second kappa shape index (κ2) is 6.77. The Labute approximate surface area is 172 Å². The minimum atomic E-state index is -1.56. The number of anilines is 1. The van der Waals surface area contributed by atoms with Crippen LogP contribution in [0.25, 0.3) is 5.69 Å². The van der Waals surface area contributed by atoms with Crippen LogP contribution in [0.2, 0.25) is 0 Å². The maximum absolute atomic E-state index is 12.8. The maximum Gasteiger partial charge on any atom is 0.339 e. The first-order valence-electron chi connectivity index (χ1n) is 9.82. The SMILES string of the molecule is O=C1O[C@]2(CC[C@](O)(C(=O)Nc3ccn(-c4ccccc4)n3)CC2)c2cnccc21. The van der Waals surface area contributed by atoms with Crippen molar-refractivity contribution in [1.82, 2.24) is 14.8 Å². The van der Waals surface area contributed by atoms with E-state index in [1.165, 1.54) is 0 Å². The van der Waals surface area contributed by atoms with E-state index in [1.54, 1.807) is 35.4 Å². The summed E-state index contributed by atoms with van der Waals surface area (Å²) in [6.07, 6.45) is 5.97. The van der Waals surface area contributed by atoms with Gasteiger partial charge in [-0.05, 0) is 43.9 Å². The van der Waals surface area contributed by atoms with Crippen LogP contribution in [0.15, 0.2) is 61.1 Å². The first-order valence-corrected chi connectivity index (χ1v) is 9.82. The molecule has 2 aliphatic rings. The van der Waals surface area contributed by atoms with Crippen LogP contribution in [0.1, 0.15) is 41.6 Å². The number of pyridine rings is 1. The Morgan fingerprint density at radius 3 is 2.63 bits per heavy atom. The molecular weight excluding hydrogens is 384 g/mol. The van der Waals surface area contributed by atoms with Gasteiger partial charge in [-0.1, -0.05) is 18.2 Å². The maximum atomic E-state index is 12.8. The van der Waals surface area contributed by atoms with Crippen molar-refractivity contribution in [2.75, 3.05) is 5.32 Å². The number of hydrogen-bond donors (Lipinski definition) is 2. The molecule has 8 nitrogen and oxygen atoms in total. The van der Waals surface area contributed by atoms with E-state index in [9.17, 15) is 14.7 Å². The summed E-state index contributed by atoms with van der Waals surface area (Å²) in [5, 5.41) is 18.0. The number of ether oxygens (including phenoxy) is 1. The Morgan fingerprint density at radius 2 is 1.87 bits per heavy atom. The largest absolute Gasteiger partial charge is 0.450 e. The highest BCUT2D eigenvalue weighted by Gasteiger charge is 2.53. The number of hydrogen-bond acceptors (Lipinski definition) is 6. The predicted octanol–water partition coefficient (Wildman–Crippen LogP) is 2.58. The standard InChI is InChI=1S/C22H20N4O4/c27-19-16-6-12-23-14-17(16)22(30-19)10-8-21(29,9-11-22)20(28)24-18-7-13-26(25-18)15-4-2-1-3-5-15/h1-7,12-14,29H,8-11H2,(H,24,25,28)/t21-,22+. The fraction of sp³-hybridized carbons (Fsp3) is 0.273. The van der Waals surface area contributed by atoms with Crippen LogP contribution in [0.4, 0.5) is 5.82 Å². The van der Waals surface area contributed by atoms with Crippen molar-refractivity contribution in [3.05, 3.63) is 72.2 Å². The van der Waals surface area contributed by atoms with Crippen LogP contribution in [0.5, 0.6) is 0 Å². The molecule has 0 bridgehead atoms. The Bertz CT molecular complexity index is 1120. The summed E-state index contributed by atoms with van der Waals surface area (Å²) in [5.74, 6) is -0.528. The Balaban J connectivity index is 1.29. The molecule has 30 heavy (non-hydrogen) atoms. The van der Waals surface area contributed by atoms with Gasteiger partial charge in [0.2, 0.25) is 0 Å². The third-order valence-electron chi connectivity index (χ3n) is 5.98. The van der Waals surface area contributed by atoms with Gasteiger partial charge in [0, 0.05) is 30.2 Å². The molecule has 1 aromatic carbocycles. The van der Waals surface area contributed by atoms with E-state index in [4.69, 9.17) is 4.74 Å². The summed E-state index contributed by atoms with van der Waals surface area (Å²) in [6, 6.07) is 12.8. The van der Waals surface area contributed by atoms with Gasteiger partial charge in [-0.2, -0.15) is 5.10 Å². The lowest BCUT2D eigenvalue weighted by Crippen LogP contribution is -2.49. The fourth-order valence-electron chi connectivity index (χ4n) is 4.24. The summed E-state index contributed by atoms with van der Waals surface area (Å²) < 4.78 is 7.32. The average molecular weight is 404 g/mol. The van der Waals surface area contributed by atoms with E-state index in [0.717, 1.165) is 11.3 Å². The number of amides is 1. The molecule has 2 N–H and O–H groups in total. The highest BCUT2D eigenvalue weighted by Crippen LogP contribution is 2.49. The molecule has 152 valence electrons. The fourth-order valence-corrected chi connectivity index (χ4v) is 4.24. The van der Waals surface area contributed by atoms with Crippen molar-refractivity contribution in [3.8, 4) is 5.69 Å². The van der Waals surface area contributed by atoms with Crippen LogP contribution in [0.3, 0.4) is 0 Å². The summed E-state index contributed by atoms with van der Waals surface area (Å²) >= 11 is 0. The monoisotopic (exact) mass is 404 g/mol. The second-order valence-corrected chi connectivity index (χ2v) is 7.77. The van der Waals surface area contributed by atoms with E-state index < -0.39 is 17.1 Å². The molecule has 0 unspecified atom stereocenters. The molecule has 2 aromatic heterocycles. The lowest BCUT2D eigenvalue weighted by Gasteiger charge is -2.40. The minimum Gasteiger partial charge on any atom is -0.450 e. The molecule has 0 saturated heterocycles. The third-order valence-corrected chi connectivity index (χ3v) is 5.98. The van der Waals surface area contributed by atoms with Crippen LogP contribution in [-0.2, 0) is 15.1 Å². The van der Waals surface area contributed by atoms with Crippen molar-refractivity contribution >= 4 is 17.7 Å². The number of nitrogens with one attached hydrogen (secondary N) is 1. The topological polar surface area (TPSA) is 106 Å². The number of aliphatic hydroxyl groups is 1. The Kier molecular flexibility index (Phi) is 4.18. The van der Waals surface area contributed by atoms with Gasteiger partial charge in [-0.25, -0.2) is 9.48 Å². The lowest BCUT2D eigenvalue weighted by molar-refractivity contribution is -0.144. The number of rotatable bonds is 3. The molecule has 1 aliphatic carbocycles. The number of benzene rings is 1. The van der Waals surface area contributed by atoms with Crippen molar-refractivity contribution < 1.29 is 19.4 Å². The number of carbonyl (C=O) groups excluding carboxylic acids is 2. The van der Waals surface area contributed by atoms with Gasteiger partial charge in [-0.15, -0.1) is 0 Å². The van der Waals surface area contributed by atoms with Gasteiger partial charge >= 0.3 is 5.97 Å². The van der Waals surface area contributed by atoms with Crippen molar-refractivity contribution in [2.45, 2.75) is 36.9 Å². The predicted molar refractivity (Wildman–Crippen MR) is 107 cm³/mol. The van der Waals surface area contributed by atoms with Crippen LogP contribution >= 0.6 is 0 Å². The normalized spacial score (nSPS) is 25.0. The highest BCUT2D eigenvalue weighted by molar-refractivity contribution is 5.97. The summed E-state index contributed by atoms with van der Waals surface area (Å²) in [4.78, 5) is 29.1. The van der Waals surface area contributed by atoms with E-state index in [1.807, 2.05) is 30.3 Å². The van der Waals surface area contributed by atoms with Crippen LogP contribution in [0, 0.1) is 0 Å². The highest BCUT2D eigenvalue weighted by atomic mass is 16.6. The second-order valence-electron chi connectivity index (χ2n) is 7.77. The smallest absolute Gasteiger partial charge is 0.339 e. The van der Waals surface area contributed by atoms with E-state index >= 15 is 0 Å². The summed E-state index contributed by atoms with van der Waals surface area (Å²) in [5.41, 5.74) is -0.265. The molecule has 0 radical (unpaired) electrons. The number of para-hydroxylation sites is 1. The van der Waals surface area contributed by atoms with Crippen LogP contribution < -0.4 is 5.32 Å². The van der Waals surface area contributed by atoms with E-state index in [0.29, 0.717) is 24.2 Å². The summed E-state index contributed by atoms with van der Waals surface area (Å²) in [6.45, 7) is 0. The van der Waals surface area contributed by atoms with Crippen molar-refractivity contribution in [3.63, 3.8) is 0 Å².